The summed E-state index contributed by atoms with van der Waals surface area (Å²) in [5.74, 6) is -0.479. The van der Waals surface area contributed by atoms with Crippen molar-refractivity contribution in [2.45, 2.75) is 19.3 Å². The fourth-order valence-electron chi connectivity index (χ4n) is 3.50. The lowest BCUT2D eigenvalue weighted by Gasteiger charge is -2.27. The zero-order valence-corrected chi connectivity index (χ0v) is 11.6. The van der Waals surface area contributed by atoms with E-state index < -0.39 is 0 Å². The standard InChI is InChI=1S/C17H15NO3/c19-9-1-8-18-16(20)12-6-4-10-2-3-11-5-7-13(17(18)21)15(12)14(10)11/h4-7,19H,1-3,8-9H2. The lowest BCUT2D eigenvalue weighted by atomic mass is 9.91. The van der Waals surface area contributed by atoms with Gasteiger partial charge in [-0.05, 0) is 47.9 Å². The fraction of sp³-hybridized carbons (Fsp3) is 0.294. The molecule has 2 aliphatic rings. The molecule has 0 atom stereocenters. The summed E-state index contributed by atoms with van der Waals surface area (Å²) in [6, 6.07) is 7.71. The predicted molar refractivity (Wildman–Crippen MR) is 78.4 cm³/mol. The first-order chi connectivity index (χ1) is 10.2. The van der Waals surface area contributed by atoms with E-state index in [9.17, 15) is 9.59 Å². The van der Waals surface area contributed by atoms with Gasteiger partial charge >= 0.3 is 0 Å². The van der Waals surface area contributed by atoms with E-state index in [1.165, 1.54) is 16.0 Å². The number of aliphatic hydroxyl groups excluding tert-OH is 1. The normalized spacial score (nSPS) is 16.1. The number of aryl methyl sites for hydroxylation is 2. The third-order valence-electron chi connectivity index (χ3n) is 4.49. The molecule has 2 aromatic carbocycles. The van der Waals surface area contributed by atoms with E-state index in [-0.39, 0.29) is 25.0 Å². The monoisotopic (exact) mass is 281 g/mol. The van der Waals surface area contributed by atoms with E-state index >= 15 is 0 Å². The molecule has 0 saturated carbocycles. The number of aliphatic hydroxyl groups is 1. The average molecular weight is 281 g/mol. The van der Waals surface area contributed by atoms with Crippen LogP contribution < -0.4 is 0 Å². The third kappa shape index (κ3) is 1.59. The van der Waals surface area contributed by atoms with Crippen LogP contribution in [0.15, 0.2) is 24.3 Å². The number of hydrogen-bond acceptors (Lipinski definition) is 3. The molecule has 4 rings (SSSR count). The van der Waals surface area contributed by atoms with Crippen molar-refractivity contribution < 1.29 is 14.7 Å². The van der Waals surface area contributed by atoms with Gasteiger partial charge in [-0.1, -0.05) is 12.1 Å². The van der Waals surface area contributed by atoms with Gasteiger partial charge in [0.25, 0.3) is 11.8 Å². The quantitative estimate of drug-likeness (QED) is 0.874. The molecule has 0 radical (unpaired) electrons. The van der Waals surface area contributed by atoms with Crippen LogP contribution in [0.5, 0.6) is 0 Å². The Bertz CT molecular complexity index is 735. The first-order valence-electron chi connectivity index (χ1n) is 7.27. The van der Waals surface area contributed by atoms with Gasteiger partial charge in [0.05, 0.1) is 0 Å². The molecule has 0 aromatic heterocycles. The maximum Gasteiger partial charge on any atom is 0.261 e. The minimum Gasteiger partial charge on any atom is -0.396 e. The van der Waals surface area contributed by atoms with E-state index in [0.717, 1.165) is 23.6 Å². The number of hydrogen-bond donors (Lipinski definition) is 1. The molecule has 1 N–H and O–H groups in total. The number of benzene rings is 2. The molecule has 0 fully saturated rings. The molecule has 0 spiro atoms. The highest BCUT2D eigenvalue weighted by atomic mass is 16.3. The summed E-state index contributed by atoms with van der Waals surface area (Å²) in [5, 5.41) is 10.9. The van der Waals surface area contributed by atoms with E-state index in [4.69, 9.17) is 5.11 Å². The van der Waals surface area contributed by atoms with Gasteiger partial charge in [-0.25, -0.2) is 0 Å². The molecule has 0 unspecified atom stereocenters. The lowest BCUT2D eigenvalue weighted by molar-refractivity contribution is 0.0601. The second-order valence-corrected chi connectivity index (χ2v) is 5.63. The number of imide groups is 1. The average Bonchev–Trinajstić information content (AvgIpc) is 2.92. The van der Waals surface area contributed by atoms with Crippen LogP contribution in [-0.4, -0.2) is 35.0 Å². The van der Waals surface area contributed by atoms with Crippen LogP contribution in [0.1, 0.15) is 38.3 Å². The summed E-state index contributed by atoms with van der Waals surface area (Å²) in [4.78, 5) is 26.4. The Labute approximate surface area is 122 Å². The van der Waals surface area contributed by atoms with Crippen molar-refractivity contribution in [3.8, 4) is 0 Å². The zero-order valence-electron chi connectivity index (χ0n) is 11.6. The first-order valence-corrected chi connectivity index (χ1v) is 7.27. The molecule has 2 aromatic rings. The number of rotatable bonds is 3. The summed E-state index contributed by atoms with van der Waals surface area (Å²) in [6.45, 7) is 0.232. The number of amides is 2. The van der Waals surface area contributed by atoms with E-state index in [0.29, 0.717) is 17.5 Å². The second kappa shape index (κ2) is 4.40. The molecule has 0 saturated heterocycles. The summed E-state index contributed by atoms with van der Waals surface area (Å²) >= 11 is 0. The van der Waals surface area contributed by atoms with Gasteiger partial charge in [-0.15, -0.1) is 0 Å². The van der Waals surface area contributed by atoms with Gasteiger partial charge in [0.1, 0.15) is 0 Å². The Morgan fingerprint density at radius 2 is 1.48 bits per heavy atom. The minimum absolute atomic E-state index is 0.0306. The second-order valence-electron chi connectivity index (χ2n) is 5.63. The smallest absolute Gasteiger partial charge is 0.261 e. The Kier molecular flexibility index (Phi) is 2.62. The highest BCUT2D eigenvalue weighted by molar-refractivity contribution is 6.26. The Morgan fingerprint density at radius 1 is 0.905 bits per heavy atom. The van der Waals surface area contributed by atoms with Crippen molar-refractivity contribution in [2.24, 2.45) is 0 Å². The first kappa shape index (κ1) is 12.5. The number of nitrogens with zero attached hydrogens (tertiary/aromatic N) is 1. The third-order valence-corrected chi connectivity index (χ3v) is 4.49. The van der Waals surface area contributed by atoms with Crippen LogP contribution in [-0.2, 0) is 12.8 Å². The predicted octanol–water partition coefficient (Wildman–Crippen LogP) is 1.92. The van der Waals surface area contributed by atoms with Crippen molar-refractivity contribution in [1.29, 1.82) is 0 Å². The van der Waals surface area contributed by atoms with Crippen LogP contribution in [0.25, 0.3) is 10.8 Å². The Morgan fingerprint density at radius 3 is 2.00 bits per heavy atom. The SMILES string of the molecule is O=C1c2ccc3c4c(ccc(c24)C(=O)N1CCCO)CC3. The van der Waals surface area contributed by atoms with Crippen LogP contribution in [0.3, 0.4) is 0 Å². The van der Waals surface area contributed by atoms with Crippen LogP contribution in [0, 0.1) is 0 Å². The molecule has 1 aliphatic heterocycles. The molecule has 4 nitrogen and oxygen atoms in total. The summed E-state index contributed by atoms with van der Waals surface area (Å²) < 4.78 is 0. The highest BCUT2D eigenvalue weighted by Crippen LogP contribution is 2.38. The Hall–Kier alpha value is -2.20. The minimum atomic E-state index is -0.239. The van der Waals surface area contributed by atoms with E-state index in [1.54, 1.807) is 0 Å². The van der Waals surface area contributed by atoms with Gasteiger partial charge < -0.3 is 5.11 Å². The molecule has 0 bridgehead atoms. The topological polar surface area (TPSA) is 57.6 Å². The van der Waals surface area contributed by atoms with Gasteiger partial charge in [0, 0.05) is 29.7 Å². The summed E-state index contributed by atoms with van der Waals surface area (Å²) in [5.41, 5.74) is 3.69. The maximum absolute atomic E-state index is 12.6. The summed E-state index contributed by atoms with van der Waals surface area (Å²) in [7, 11) is 0. The maximum atomic E-state index is 12.6. The van der Waals surface area contributed by atoms with E-state index in [1.807, 2.05) is 24.3 Å². The molecule has 1 aliphatic carbocycles. The lowest BCUT2D eigenvalue weighted by Crippen LogP contribution is -2.41. The Balaban J connectivity index is 1.97. The van der Waals surface area contributed by atoms with Crippen LogP contribution in [0.2, 0.25) is 0 Å². The molecule has 21 heavy (non-hydrogen) atoms. The van der Waals surface area contributed by atoms with Gasteiger partial charge in [-0.3, -0.25) is 14.5 Å². The van der Waals surface area contributed by atoms with Crippen molar-refractivity contribution in [3.05, 3.63) is 46.5 Å². The van der Waals surface area contributed by atoms with Crippen LogP contribution >= 0.6 is 0 Å². The molecular weight excluding hydrogens is 266 g/mol. The van der Waals surface area contributed by atoms with Crippen molar-refractivity contribution in [2.75, 3.05) is 13.2 Å². The van der Waals surface area contributed by atoms with Crippen LogP contribution in [0.4, 0.5) is 0 Å². The number of carbonyl (C=O) groups is 2. The highest BCUT2D eigenvalue weighted by Gasteiger charge is 2.34. The molecule has 2 amide bonds. The zero-order chi connectivity index (χ0) is 14.6. The molecule has 106 valence electrons. The fourth-order valence-corrected chi connectivity index (χ4v) is 3.50. The van der Waals surface area contributed by atoms with Crippen molar-refractivity contribution >= 4 is 22.6 Å². The van der Waals surface area contributed by atoms with Gasteiger partial charge in [-0.2, -0.15) is 0 Å². The van der Waals surface area contributed by atoms with E-state index in [2.05, 4.69) is 0 Å². The van der Waals surface area contributed by atoms with Crippen molar-refractivity contribution in [3.63, 3.8) is 0 Å². The van der Waals surface area contributed by atoms with Gasteiger partial charge in [0.2, 0.25) is 0 Å². The molecule has 1 heterocycles. The molecular formula is C17H15NO3. The largest absolute Gasteiger partial charge is 0.396 e. The molecule has 4 heteroatoms. The van der Waals surface area contributed by atoms with Crippen molar-refractivity contribution in [1.82, 2.24) is 4.90 Å². The summed E-state index contributed by atoms with van der Waals surface area (Å²) in [6.07, 6.45) is 2.37. The number of carbonyl (C=O) groups excluding carboxylic acids is 2. The van der Waals surface area contributed by atoms with Gasteiger partial charge in [0.15, 0.2) is 0 Å².